The predicted molar refractivity (Wildman–Crippen MR) is 93.8 cm³/mol. The number of imidazole rings is 1. The molecule has 0 radical (unpaired) electrons. The SMILES string of the molecule is c1ccc(Nc2ncc3n2CCN(CC2CCCCC2)C3)cc1. The average molecular weight is 310 g/mol. The van der Waals surface area contributed by atoms with Crippen molar-refractivity contribution in [3.63, 3.8) is 0 Å². The van der Waals surface area contributed by atoms with E-state index < -0.39 is 0 Å². The minimum atomic E-state index is 0.917. The van der Waals surface area contributed by atoms with Gasteiger partial charge in [0, 0.05) is 31.9 Å². The topological polar surface area (TPSA) is 33.1 Å². The van der Waals surface area contributed by atoms with Crippen molar-refractivity contribution in [2.75, 3.05) is 18.4 Å². The normalized spacial score (nSPS) is 19.5. The molecule has 2 aliphatic rings. The Morgan fingerprint density at radius 2 is 1.87 bits per heavy atom. The summed E-state index contributed by atoms with van der Waals surface area (Å²) in [6, 6.07) is 10.3. The predicted octanol–water partition coefficient (Wildman–Crippen LogP) is 4.02. The summed E-state index contributed by atoms with van der Waals surface area (Å²) in [5.74, 6) is 1.89. The first kappa shape index (κ1) is 14.8. The molecule has 0 atom stereocenters. The van der Waals surface area contributed by atoms with Crippen LogP contribution in [-0.4, -0.2) is 27.5 Å². The van der Waals surface area contributed by atoms with Crippen LogP contribution in [0.3, 0.4) is 0 Å². The molecule has 23 heavy (non-hydrogen) atoms. The maximum absolute atomic E-state index is 4.60. The van der Waals surface area contributed by atoms with Gasteiger partial charge >= 0.3 is 0 Å². The summed E-state index contributed by atoms with van der Waals surface area (Å²) in [6.45, 7) is 4.49. The van der Waals surface area contributed by atoms with Gasteiger partial charge in [-0.05, 0) is 30.9 Å². The average Bonchev–Trinajstić information content (AvgIpc) is 2.99. The quantitative estimate of drug-likeness (QED) is 0.926. The number of para-hydroxylation sites is 1. The number of rotatable bonds is 4. The van der Waals surface area contributed by atoms with Gasteiger partial charge in [-0.2, -0.15) is 0 Å². The zero-order chi connectivity index (χ0) is 15.5. The summed E-state index contributed by atoms with van der Waals surface area (Å²) in [5.41, 5.74) is 2.44. The molecule has 1 aliphatic heterocycles. The van der Waals surface area contributed by atoms with Gasteiger partial charge in [-0.25, -0.2) is 4.98 Å². The molecule has 1 aromatic heterocycles. The molecule has 4 nitrogen and oxygen atoms in total. The van der Waals surface area contributed by atoms with E-state index in [9.17, 15) is 0 Å². The van der Waals surface area contributed by atoms with Crippen molar-refractivity contribution < 1.29 is 0 Å². The molecule has 1 N–H and O–H groups in total. The number of nitrogens with one attached hydrogen (secondary N) is 1. The van der Waals surface area contributed by atoms with Gasteiger partial charge in [-0.1, -0.05) is 37.5 Å². The monoisotopic (exact) mass is 310 g/mol. The maximum Gasteiger partial charge on any atom is 0.207 e. The van der Waals surface area contributed by atoms with E-state index in [0.717, 1.165) is 37.2 Å². The molecule has 4 heteroatoms. The number of aromatic nitrogens is 2. The van der Waals surface area contributed by atoms with Crippen LogP contribution < -0.4 is 5.32 Å². The Morgan fingerprint density at radius 1 is 1.04 bits per heavy atom. The lowest BCUT2D eigenvalue weighted by molar-refractivity contribution is 0.168. The first-order chi connectivity index (χ1) is 11.4. The van der Waals surface area contributed by atoms with Crippen LogP contribution in [0.1, 0.15) is 37.8 Å². The van der Waals surface area contributed by atoms with Crippen LogP contribution in [0.25, 0.3) is 0 Å². The second-order valence-corrected chi connectivity index (χ2v) is 6.95. The van der Waals surface area contributed by atoms with E-state index in [2.05, 4.69) is 31.9 Å². The fourth-order valence-electron chi connectivity index (χ4n) is 3.98. The summed E-state index contributed by atoms with van der Waals surface area (Å²) in [5, 5.41) is 3.44. The second-order valence-electron chi connectivity index (χ2n) is 6.95. The number of hydrogen-bond acceptors (Lipinski definition) is 3. The Hall–Kier alpha value is -1.81. The van der Waals surface area contributed by atoms with Gasteiger partial charge in [0.2, 0.25) is 5.95 Å². The van der Waals surface area contributed by atoms with E-state index in [4.69, 9.17) is 0 Å². The Labute approximate surface area is 138 Å². The maximum atomic E-state index is 4.60. The molecule has 0 saturated heterocycles. The number of anilines is 2. The third-order valence-corrected chi connectivity index (χ3v) is 5.23. The number of nitrogens with zero attached hydrogens (tertiary/aromatic N) is 3. The lowest BCUT2D eigenvalue weighted by atomic mass is 9.89. The minimum absolute atomic E-state index is 0.917. The number of hydrogen-bond donors (Lipinski definition) is 1. The van der Waals surface area contributed by atoms with Gasteiger partial charge in [-0.3, -0.25) is 4.90 Å². The molecule has 0 unspecified atom stereocenters. The standard InChI is InChI=1S/C19H26N4/c1-3-7-16(8-4-1)14-22-11-12-23-18(15-22)13-20-19(23)21-17-9-5-2-6-10-17/h2,5-6,9-10,13,16H,1,3-4,7-8,11-12,14-15H2,(H,20,21). The van der Waals surface area contributed by atoms with Crippen molar-refractivity contribution in [3.05, 3.63) is 42.2 Å². The van der Waals surface area contributed by atoms with E-state index in [1.165, 1.54) is 44.3 Å². The molecule has 0 spiro atoms. The highest BCUT2D eigenvalue weighted by Crippen LogP contribution is 2.27. The minimum Gasteiger partial charge on any atom is -0.326 e. The van der Waals surface area contributed by atoms with Crippen LogP contribution >= 0.6 is 0 Å². The second kappa shape index (κ2) is 6.75. The van der Waals surface area contributed by atoms with E-state index in [1.54, 1.807) is 0 Å². The van der Waals surface area contributed by atoms with Crippen molar-refractivity contribution >= 4 is 11.6 Å². The summed E-state index contributed by atoms with van der Waals surface area (Å²) in [6.07, 6.45) is 9.20. The first-order valence-corrected chi connectivity index (χ1v) is 8.97. The molecule has 2 heterocycles. The zero-order valence-corrected chi connectivity index (χ0v) is 13.7. The van der Waals surface area contributed by atoms with Crippen LogP contribution in [-0.2, 0) is 13.1 Å². The summed E-state index contributed by atoms with van der Waals surface area (Å²) < 4.78 is 2.34. The van der Waals surface area contributed by atoms with Crippen molar-refractivity contribution in [1.82, 2.24) is 14.5 Å². The molecule has 0 bridgehead atoms. The lowest BCUT2D eigenvalue weighted by Gasteiger charge is -2.33. The van der Waals surface area contributed by atoms with E-state index >= 15 is 0 Å². The van der Waals surface area contributed by atoms with Crippen molar-refractivity contribution in [1.29, 1.82) is 0 Å². The fourth-order valence-corrected chi connectivity index (χ4v) is 3.98. The van der Waals surface area contributed by atoms with Gasteiger partial charge in [0.05, 0.1) is 11.9 Å². The van der Waals surface area contributed by atoms with E-state index in [0.29, 0.717) is 0 Å². The Kier molecular flexibility index (Phi) is 4.33. The van der Waals surface area contributed by atoms with Gasteiger partial charge in [0.15, 0.2) is 0 Å². The molecule has 0 amide bonds. The van der Waals surface area contributed by atoms with Crippen LogP contribution in [0, 0.1) is 5.92 Å². The van der Waals surface area contributed by atoms with Crippen LogP contribution in [0.2, 0.25) is 0 Å². The Morgan fingerprint density at radius 3 is 2.70 bits per heavy atom. The number of benzene rings is 1. The van der Waals surface area contributed by atoms with Crippen LogP contribution in [0.4, 0.5) is 11.6 Å². The molecular formula is C19H26N4. The highest BCUT2D eigenvalue weighted by atomic mass is 15.3. The molecule has 1 fully saturated rings. The summed E-state index contributed by atoms with van der Waals surface area (Å²) in [4.78, 5) is 7.22. The summed E-state index contributed by atoms with van der Waals surface area (Å²) >= 11 is 0. The fraction of sp³-hybridized carbons (Fsp3) is 0.526. The molecule has 1 saturated carbocycles. The van der Waals surface area contributed by atoms with E-state index in [1.807, 2.05) is 24.4 Å². The van der Waals surface area contributed by atoms with Crippen LogP contribution in [0.5, 0.6) is 0 Å². The Bertz CT molecular complexity index is 628. The molecule has 1 aliphatic carbocycles. The first-order valence-electron chi connectivity index (χ1n) is 8.97. The van der Waals surface area contributed by atoms with Crippen molar-refractivity contribution in [2.45, 2.75) is 45.2 Å². The molecular weight excluding hydrogens is 284 g/mol. The van der Waals surface area contributed by atoms with Crippen LogP contribution in [0.15, 0.2) is 36.5 Å². The van der Waals surface area contributed by atoms with Crippen molar-refractivity contribution in [3.8, 4) is 0 Å². The third kappa shape index (κ3) is 3.42. The van der Waals surface area contributed by atoms with Gasteiger partial charge in [0.25, 0.3) is 0 Å². The molecule has 2 aromatic rings. The largest absolute Gasteiger partial charge is 0.326 e. The summed E-state index contributed by atoms with van der Waals surface area (Å²) in [7, 11) is 0. The van der Waals surface area contributed by atoms with Gasteiger partial charge in [0.1, 0.15) is 0 Å². The van der Waals surface area contributed by atoms with Gasteiger partial charge < -0.3 is 9.88 Å². The highest BCUT2D eigenvalue weighted by molar-refractivity contribution is 5.53. The third-order valence-electron chi connectivity index (χ3n) is 5.23. The zero-order valence-electron chi connectivity index (χ0n) is 13.7. The molecule has 122 valence electrons. The van der Waals surface area contributed by atoms with Gasteiger partial charge in [-0.15, -0.1) is 0 Å². The number of fused-ring (bicyclic) bond motifs is 1. The Balaban J connectivity index is 1.40. The molecule has 4 rings (SSSR count). The smallest absolute Gasteiger partial charge is 0.207 e. The molecule has 1 aromatic carbocycles. The van der Waals surface area contributed by atoms with Crippen molar-refractivity contribution in [2.24, 2.45) is 5.92 Å². The highest BCUT2D eigenvalue weighted by Gasteiger charge is 2.23. The van der Waals surface area contributed by atoms with E-state index in [-0.39, 0.29) is 0 Å². The lowest BCUT2D eigenvalue weighted by Crippen LogP contribution is -2.37.